The minimum Gasteiger partial charge on any atom is -0.855 e. The molecule has 0 bridgehead atoms. The first kappa shape index (κ1) is 11.5. The summed E-state index contributed by atoms with van der Waals surface area (Å²) in [4.78, 5) is 0. The zero-order valence-corrected chi connectivity index (χ0v) is 10.3. The summed E-state index contributed by atoms with van der Waals surface area (Å²) >= 11 is 0. The fraction of sp³-hybridized carbons (Fsp3) is 0.0667. The maximum Gasteiger partial charge on any atom is 0.140 e. The molecule has 0 spiro atoms. The summed E-state index contributed by atoms with van der Waals surface area (Å²) < 4.78 is 5.16. The molecule has 0 radical (unpaired) electrons. The molecule has 94 valence electrons. The second-order valence-electron chi connectivity index (χ2n) is 4.12. The summed E-state index contributed by atoms with van der Waals surface area (Å²) in [5.41, 5.74) is 1.58. The van der Waals surface area contributed by atoms with Crippen molar-refractivity contribution in [2.24, 2.45) is 0 Å². The lowest BCUT2D eigenvalue weighted by Crippen LogP contribution is -2.01. The van der Waals surface area contributed by atoms with Crippen LogP contribution in [-0.4, -0.2) is 17.3 Å². The molecule has 19 heavy (non-hydrogen) atoms. The smallest absolute Gasteiger partial charge is 0.140 e. The van der Waals surface area contributed by atoms with Crippen molar-refractivity contribution in [1.82, 2.24) is 10.2 Å². The van der Waals surface area contributed by atoms with Gasteiger partial charge in [0, 0.05) is 5.56 Å². The Morgan fingerprint density at radius 1 is 1.00 bits per heavy atom. The molecule has 0 amide bonds. The van der Waals surface area contributed by atoms with E-state index in [1.54, 1.807) is 6.20 Å². The third kappa shape index (κ3) is 1.87. The maximum absolute atomic E-state index is 11.7. The molecular formula is C15H11N2O2-. The molecule has 0 saturated carbocycles. The lowest BCUT2D eigenvalue weighted by molar-refractivity contribution is -0.277. The number of hydrogen-bond acceptors (Lipinski definition) is 4. The first-order chi connectivity index (χ1) is 9.31. The molecule has 0 saturated heterocycles. The van der Waals surface area contributed by atoms with Gasteiger partial charge >= 0.3 is 0 Å². The van der Waals surface area contributed by atoms with Crippen LogP contribution in [0.25, 0.3) is 21.9 Å². The number of rotatable bonds is 2. The van der Waals surface area contributed by atoms with E-state index in [-0.39, 0.29) is 5.75 Å². The van der Waals surface area contributed by atoms with Crippen molar-refractivity contribution in [3.05, 3.63) is 48.7 Å². The van der Waals surface area contributed by atoms with Crippen molar-refractivity contribution in [3.8, 4) is 22.8 Å². The van der Waals surface area contributed by atoms with Crippen molar-refractivity contribution < 1.29 is 9.84 Å². The van der Waals surface area contributed by atoms with Crippen LogP contribution in [0.2, 0.25) is 0 Å². The molecule has 0 fully saturated rings. The summed E-state index contributed by atoms with van der Waals surface area (Å²) in [6.07, 6.45) is 1.56. The van der Waals surface area contributed by atoms with Gasteiger partial charge in [0.15, 0.2) is 0 Å². The van der Waals surface area contributed by atoms with Gasteiger partial charge in [-0.25, -0.2) is 0 Å². The van der Waals surface area contributed by atoms with Gasteiger partial charge in [-0.1, -0.05) is 42.5 Å². The number of nitrogens with zero attached hydrogens (tertiary/aromatic N) is 2. The van der Waals surface area contributed by atoms with Gasteiger partial charge in [0.1, 0.15) is 5.75 Å². The molecule has 0 atom stereocenters. The van der Waals surface area contributed by atoms with Crippen LogP contribution < -0.4 is 9.84 Å². The Morgan fingerprint density at radius 3 is 2.63 bits per heavy atom. The first-order valence-electron chi connectivity index (χ1n) is 5.86. The van der Waals surface area contributed by atoms with E-state index >= 15 is 0 Å². The van der Waals surface area contributed by atoms with Crippen LogP contribution in [0.15, 0.2) is 48.7 Å². The summed E-state index contributed by atoms with van der Waals surface area (Å²) in [5.74, 6) is -0.223. The van der Waals surface area contributed by atoms with Crippen LogP contribution in [0.4, 0.5) is 0 Å². The van der Waals surface area contributed by atoms with Gasteiger partial charge in [0.2, 0.25) is 0 Å². The van der Waals surface area contributed by atoms with Gasteiger partial charge in [-0.15, -0.1) is 0 Å². The van der Waals surface area contributed by atoms with Crippen LogP contribution in [0, 0.1) is 0 Å². The highest BCUT2D eigenvalue weighted by molar-refractivity contribution is 5.98. The lowest BCUT2D eigenvalue weighted by Gasteiger charge is -2.15. The van der Waals surface area contributed by atoms with Crippen LogP contribution in [-0.2, 0) is 0 Å². The van der Waals surface area contributed by atoms with Crippen molar-refractivity contribution in [2.75, 3.05) is 7.11 Å². The molecular weight excluding hydrogens is 240 g/mol. The zero-order valence-electron chi connectivity index (χ0n) is 10.3. The number of benzene rings is 2. The predicted molar refractivity (Wildman–Crippen MR) is 71.0 cm³/mol. The van der Waals surface area contributed by atoms with Crippen LogP contribution in [0.1, 0.15) is 0 Å². The summed E-state index contributed by atoms with van der Waals surface area (Å²) in [6.45, 7) is 0. The Labute approximate surface area is 110 Å². The van der Waals surface area contributed by atoms with E-state index in [4.69, 9.17) is 4.74 Å². The van der Waals surface area contributed by atoms with E-state index in [0.29, 0.717) is 5.56 Å². The minimum absolute atomic E-state index is 0.228. The van der Waals surface area contributed by atoms with E-state index < -0.39 is 5.88 Å². The van der Waals surface area contributed by atoms with Gasteiger partial charge in [0.25, 0.3) is 0 Å². The number of aromatic nitrogens is 2. The molecule has 4 heteroatoms. The third-order valence-corrected chi connectivity index (χ3v) is 3.06. The molecule has 0 unspecified atom stereocenters. The Balaban J connectivity index is 2.34. The molecule has 3 aromatic rings. The lowest BCUT2D eigenvalue weighted by atomic mass is 9.99. The zero-order chi connectivity index (χ0) is 13.2. The quantitative estimate of drug-likeness (QED) is 0.701. The number of hydrogen-bond donors (Lipinski definition) is 0. The van der Waals surface area contributed by atoms with E-state index in [2.05, 4.69) is 10.2 Å². The van der Waals surface area contributed by atoms with Gasteiger partial charge in [-0.3, -0.25) is 0 Å². The molecule has 0 aliphatic rings. The Bertz CT molecular complexity index is 736. The maximum atomic E-state index is 11.7. The molecule has 4 nitrogen and oxygen atoms in total. The molecule has 0 aliphatic heterocycles. The molecule has 3 rings (SSSR count). The summed E-state index contributed by atoms with van der Waals surface area (Å²) in [5, 5.41) is 21.1. The SMILES string of the molecule is COc1c(-c2cccc3ccccc23)cnnc1[O-]. The van der Waals surface area contributed by atoms with Crippen molar-refractivity contribution in [2.45, 2.75) is 0 Å². The molecule has 0 aliphatic carbocycles. The normalized spacial score (nSPS) is 10.6. The predicted octanol–water partition coefficient (Wildman–Crippen LogP) is 2.38. The van der Waals surface area contributed by atoms with Crippen molar-refractivity contribution in [3.63, 3.8) is 0 Å². The fourth-order valence-corrected chi connectivity index (χ4v) is 2.21. The second-order valence-corrected chi connectivity index (χ2v) is 4.12. The average Bonchev–Trinajstić information content (AvgIpc) is 2.46. The highest BCUT2D eigenvalue weighted by Gasteiger charge is 2.10. The topological polar surface area (TPSA) is 58.1 Å². The van der Waals surface area contributed by atoms with E-state index in [1.807, 2.05) is 42.5 Å². The van der Waals surface area contributed by atoms with Crippen molar-refractivity contribution >= 4 is 10.8 Å². The Hall–Kier alpha value is -2.62. The summed E-state index contributed by atoms with van der Waals surface area (Å²) in [7, 11) is 1.47. The van der Waals surface area contributed by atoms with Crippen LogP contribution in [0.5, 0.6) is 11.6 Å². The van der Waals surface area contributed by atoms with Gasteiger partial charge in [-0.2, -0.15) is 10.2 Å². The van der Waals surface area contributed by atoms with Gasteiger partial charge in [-0.05, 0) is 16.3 Å². The van der Waals surface area contributed by atoms with E-state index in [9.17, 15) is 5.11 Å². The fourth-order valence-electron chi connectivity index (χ4n) is 2.21. The van der Waals surface area contributed by atoms with Crippen LogP contribution in [0.3, 0.4) is 0 Å². The molecule has 0 N–H and O–H groups in total. The standard InChI is InChI=1S/C15H12N2O2/c1-19-14-13(9-16-17-15(14)18)12-8-4-6-10-5-2-3-7-11(10)12/h2-9H,1H3,(H,17,18)/p-1. The average molecular weight is 251 g/mol. The van der Waals surface area contributed by atoms with Crippen LogP contribution >= 0.6 is 0 Å². The number of fused-ring (bicyclic) bond motifs is 1. The van der Waals surface area contributed by atoms with Gasteiger partial charge in [0.05, 0.1) is 19.2 Å². The number of ether oxygens (including phenoxy) is 1. The molecule has 1 heterocycles. The first-order valence-corrected chi connectivity index (χ1v) is 5.86. The number of methoxy groups -OCH3 is 1. The monoisotopic (exact) mass is 251 g/mol. The highest BCUT2D eigenvalue weighted by Crippen LogP contribution is 2.36. The third-order valence-electron chi connectivity index (χ3n) is 3.06. The second kappa shape index (κ2) is 4.57. The van der Waals surface area contributed by atoms with Crippen molar-refractivity contribution in [1.29, 1.82) is 0 Å². The Kier molecular flexibility index (Phi) is 2.76. The van der Waals surface area contributed by atoms with E-state index in [1.165, 1.54) is 7.11 Å². The minimum atomic E-state index is -0.451. The van der Waals surface area contributed by atoms with Gasteiger partial charge < -0.3 is 9.84 Å². The summed E-state index contributed by atoms with van der Waals surface area (Å²) in [6, 6.07) is 13.9. The Morgan fingerprint density at radius 2 is 1.79 bits per heavy atom. The molecule has 1 aromatic heterocycles. The van der Waals surface area contributed by atoms with E-state index in [0.717, 1.165) is 16.3 Å². The molecule has 2 aromatic carbocycles. The largest absolute Gasteiger partial charge is 0.855 e. The highest BCUT2D eigenvalue weighted by atomic mass is 16.5.